The molecule has 0 aliphatic carbocycles. The van der Waals surface area contributed by atoms with E-state index in [1.54, 1.807) is 12.1 Å². The Labute approximate surface area is 118 Å². The molecule has 0 spiro atoms. The summed E-state index contributed by atoms with van der Waals surface area (Å²) in [6.45, 7) is 1.02. The summed E-state index contributed by atoms with van der Waals surface area (Å²) in [5, 5.41) is 0. The van der Waals surface area contributed by atoms with Gasteiger partial charge in [-0.2, -0.15) is 0 Å². The lowest BCUT2D eigenvalue weighted by Crippen LogP contribution is -2.17. The highest BCUT2D eigenvalue weighted by molar-refractivity contribution is 5.47. The van der Waals surface area contributed by atoms with Gasteiger partial charge in [0.2, 0.25) is 0 Å². The number of hydrogen-bond acceptors (Lipinski definition) is 3. The standard InChI is InChI=1S/C16H19FN2O/c1-19(14-6-3-12(10-18)4-7-14)11-13-5-8-15(20-2)9-16(13)17/h3-9H,10-11,18H2,1-2H3. The van der Waals surface area contributed by atoms with E-state index in [9.17, 15) is 4.39 Å². The predicted molar refractivity (Wildman–Crippen MR) is 79.4 cm³/mol. The van der Waals surface area contributed by atoms with E-state index in [1.165, 1.54) is 13.2 Å². The second kappa shape index (κ2) is 6.39. The first kappa shape index (κ1) is 14.3. The van der Waals surface area contributed by atoms with Crippen molar-refractivity contribution in [2.24, 2.45) is 5.73 Å². The lowest BCUT2D eigenvalue weighted by Gasteiger charge is -2.20. The van der Waals surface area contributed by atoms with Crippen LogP contribution < -0.4 is 15.4 Å². The molecule has 2 rings (SSSR count). The fourth-order valence-electron chi connectivity index (χ4n) is 2.02. The highest BCUT2D eigenvalue weighted by atomic mass is 19.1. The molecule has 4 heteroatoms. The van der Waals surface area contributed by atoms with E-state index in [0.29, 0.717) is 24.4 Å². The fraction of sp³-hybridized carbons (Fsp3) is 0.250. The molecule has 106 valence electrons. The molecule has 3 nitrogen and oxygen atoms in total. The Morgan fingerprint density at radius 2 is 1.85 bits per heavy atom. The zero-order valence-corrected chi connectivity index (χ0v) is 11.8. The van der Waals surface area contributed by atoms with Gasteiger partial charge < -0.3 is 15.4 Å². The normalized spacial score (nSPS) is 10.4. The molecule has 0 aliphatic heterocycles. The van der Waals surface area contributed by atoms with E-state index in [-0.39, 0.29) is 5.82 Å². The maximum atomic E-state index is 13.9. The van der Waals surface area contributed by atoms with Gasteiger partial charge in [0, 0.05) is 37.5 Å². The Bertz CT molecular complexity index is 569. The van der Waals surface area contributed by atoms with Gasteiger partial charge in [-0.1, -0.05) is 18.2 Å². The quantitative estimate of drug-likeness (QED) is 0.911. The fourth-order valence-corrected chi connectivity index (χ4v) is 2.02. The predicted octanol–water partition coefficient (Wildman–Crippen LogP) is 2.93. The number of halogens is 1. The summed E-state index contributed by atoms with van der Waals surface area (Å²) in [5.41, 5.74) is 8.31. The topological polar surface area (TPSA) is 38.5 Å². The Balaban J connectivity index is 2.12. The summed E-state index contributed by atoms with van der Waals surface area (Å²) in [5.74, 6) is 0.274. The number of rotatable bonds is 5. The van der Waals surface area contributed by atoms with Gasteiger partial charge in [-0.25, -0.2) is 4.39 Å². The van der Waals surface area contributed by atoms with Crippen LogP contribution >= 0.6 is 0 Å². The molecule has 0 fully saturated rings. The molecule has 2 aromatic rings. The Morgan fingerprint density at radius 3 is 2.40 bits per heavy atom. The molecular weight excluding hydrogens is 255 g/mol. The van der Waals surface area contributed by atoms with E-state index in [1.807, 2.05) is 36.2 Å². The van der Waals surface area contributed by atoms with Crippen molar-refractivity contribution in [3.8, 4) is 5.75 Å². The maximum absolute atomic E-state index is 13.9. The molecule has 0 amide bonds. The SMILES string of the molecule is COc1ccc(CN(C)c2ccc(CN)cc2)c(F)c1. The molecule has 20 heavy (non-hydrogen) atoms. The van der Waals surface area contributed by atoms with Crippen molar-refractivity contribution in [2.45, 2.75) is 13.1 Å². The van der Waals surface area contributed by atoms with Crippen LogP contribution in [0.2, 0.25) is 0 Å². The maximum Gasteiger partial charge on any atom is 0.131 e. The van der Waals surface area contributed by atoms with Gasteiger partial charge in [0.1, 0.15) is 11.6 Å². The van der Waals surface area contributed by atoms with E-state index in [0.717, 1.165) is 11.3 Å². The van der Waals surface area contributed by atoms with Gasteiger partial charge in [0.15, 0.2) is 0 Å². The number of nitrogens with zero attached hydrogens (tertiary/aromatic N) is 1. The average molecular weight is 274 g/mol. The minimum atomic E-state index is -0.255. The summed E-state index contributed by atoms with van der Waals surface area (Å²) < 4.78 is 18.9. The minimum absolute atomic E-state index is 0.255. The molecule has 0 radical (unpaired) electrons. The molecule has 2 aromatic carbocycles. The van der Waals surface area contributed by atoms with Crippen LogP contribution in [0.4, 0.5) is 10.1 Å². The Kier molecular flexibility index (Phi) is 4.58. The first-order chi connectivity index (χ1) is 9.63. The molecule has 0 aromatic heterocycles. The summed E-state index contributed by atoms with van der Waals surface area (Å²) in [4.78, 5) is 1.99. The third-order valence-electron chi connectivity index (χ3n) is 3.28. The molecule has 2 N–H and O–H groups in total. The Hall–Kier alpha value is -2.07. The van der Waals surface area contributed by atoms with Crippen molar-refractivity contribution >= 4 is 5.69 Å². The largest absolute Gasteiger partial charge is 0.497 e. The number of anilines is 1. The van der Waals surface area contributed by atoms with Crippen LogP contribution in [-0.4, -0.2) is 14.2 Å². The zero-order chi connectivity index (χ0) is 14.5. The average Bonchev–Trinajstić information content (AvgIpc) is 2.49. The van der Waals surface area contributed by atoms with Crippen LogP contribution in [0.25, 0.3) is 0 Å². The van der Waals surface area contributed by atoms with E-state index in [2.05, 4.69) is 0 Å². The highest BCUT2D eigenvalue weighted by Gasteiger charge is 2.08. The van der Waals surface area contributed by atoms with Crippen LogP contribution in [0.3, 0.4) is 0 Å². The number of hydrogen-bond donors (Lipinski definition) is 1. The highest BCUT2D eigenvalue weighted by Crippen LogP contribution is 2.20. The van der Waals surface area contributed by atoms with E-state index < -0.39 is 0 Å². The van der Waals surface area contributed by atoms with Gasteiger partial charge in [-0.3, -0.25) is 0 Å². The molecule has 0 aliphatic rings. The molecule has 0 heterocycles. The molecular formula is C16H19FN2O. The van der Waals surface area contributed by atoms with Crippen molar-refractivity contribution in [1.29, 1.82) is 0 Å². The van der Waals surface area contributed by atoms with E-state index in [4.69, 9.17) is 10.5 Å². The van der Waals surface area contributed by atoms with Gasteiger partial charge >= 0.3 is 0 Å². The molecule has 0 saturated heterocycles. The van der Waals surface area contributed by atoms with Gasteiger partial charge in [-0.15, -0.1) is 0 Å². The van der Waals surface area contributed by atoms with Crippen molar-refractivity contribution < 1.29 is 9.13 Å². The molecule has 0 atom stereocenters. The summed E-state index contributed by atoms with van der Waals surface area (Å²) in [6, 6.07) is 12.9. The lowest BCUT2D eigenvalue weighted by molar-refractivity contribution is 0.410. The monoisotopic (exact) mass is 274 g/mol. The van der Waals surface area contributed by atoms with Crippen LogP contribution in [0, 0.1) is 5.82 Å². The molecule has 0 bridgehead atoms. The van der Waals surface area contributed by atoms with Crippen molar-refractivity contribution in [1.82, 2.24) is 0 Å². The second-order valence-electron chi connectivity index (χ2n) is 4.68. The van der Waals surface area contributed by atoms with Crippen LogP contribution in [0.5, 0.6) is 5.75 Å². The number of benzene rings is 2. The van der Waals surface area contributed by atoms with Crippen molar-refractivity contribution in [2.75, 3.05) is 19.1 Å². The first-order valence-electron chi connectivity index (χ1n) is 6.46. The zero-order valence-electron chi connectivity index (χ0n) is 11.8. The van der Waals surface area contributed by atoms with E-state index >= 15 is 0 Å². The van der Waals surface area contributed by atoms with Crippen molar-refractivity contribution in [3.05, 3.63) is 59.4 Å². The number of methoxy groups -OCH3 is 1. The first-order valence-corrected chi connectivity index (χ1v) is 6.46. The van der Waals surface area contributed by atoms with Gasteiger partial charge in [-0.05, 0) is 23.8 Å². The molecule has 0 unspecified atom stereocenters. The summed E-state index contributed by atoms with van der Waals surface area (Å²) in [7, 11) is 3.46. The smallest absolute Gasteiger partial charge is 0.131 e. The summed E-state index contributed by atoms with van der Waals surface area (Å²) in [6.07, 6.45) is 0. The Morgan fingerprint density at radius 1 is 1.15 bits per heavy atom. The second-order valence-corrected chi connectivity index (χ2v) is 4.68. The van der Waals surface area contributed by atoms with Crippen molar-refractivity contribution in [3.63, 3.8) is 0 Å². The third-order valence-corrected chi connectivity index (χ3v) is 3.28. The lowest BCUT2D eigenvalue weighted by atomic mass is 10.1. The number of ether oxygens (including phenoxy) is 1. The summed E-state index contributed by atoms with van der Waals surface area (Å²) >= 11 is 0. The minimum Gasteiger partial charge on any atom is -0.497 e. The van der Waals surface area contributed by atoms with Crippen LogP contribution in [0.1, 0.15) is 11.1 Å². The van der Waals surface area contributed by atoms with Gasteiger partial charge in [0.05, 0.1) is 7.11 Å². The molecule has 0 saturated carbocycles. The number of nitrogens with two attached hydrogens (primary N) is 1. The van der Waals surface area contributed by atoms with Crippen LogP contribution in [0.15, 0.2) is 42.5 Å². The van der Waals surface area contributed by atoms with Crippen LogP contribution in [-0.2, 0) is 13.1 Å². The van der Waals surface area contributed by atoms with Gasteiger partial charge in [0.25, 0.3) is 0 Å². The third kappa shape index (κ3) is 3.27.